The van der Waals surface area contributed by atoms with Crippen LogP contribution in [0.4, 0.5) is 5.69 Å². The predicted octanol–water partition coefficient (Wildman–Crippen LogP) is 2.31. The number of nitriles is 1. The molecule has 0 aliphatic heterocycles. The number of rotatable bonds is 4. The number of nitrogens with one attached hydrogen (secondary N) is 1. The fraction of sp³-hybridized carbons (Fsp3) is 0.0769. The van der Waals surface area contributed by atoms with Crippen molar-refractivity contribution in [1.29, 1.82) is 5.26 Å². The number of nitrogens with zero attached hydrogens (tertiary/aromatic N) is 3. The van der Waals surface area contributed by atoms with Gasteiger partial charge in [-0.1, -0.05) is 11.6 Å². The van der Waals surface area contributed by atoms with Crippen molar-refractivity contribution in [2.75, 3.05) is 5.32 Å². The molecule has 0 aliphatic rings. The highest BCUT2D eigenvalue weighted by molar-refractivity contribution is 6.32. The van der Waals surface area contributed by atoms with Gasteiger partial charge in [-0.05, 0) is 18.2 Å². The first-order valence-electron chi connectivity index (χ1n) is 5.57. The molecule has 0 amide bonds. The van der Waals surface area contributed by atoms with E-state index in [1.807, 2.05) is 6.07 Å². The molecule has 2 N–H and O–H groups in total. The monoisotopic (exact) mass is 288 g/mol. The minimum atomic E-state index is -1.08. The molecule has 100 valence electrons. The Morgan fingerprint density at radius 1 is 1.50 bits per heavy atom. The van der Waals surface area contributed by atoms with Crippen LogP contribution in [-0.4, -0.2) is 21.0 Å². The van der Waals surface area contributed by atoms with Crippen LogP contribution in [0.2, 0.25) is 5.02 Å². The first-order chi connectivity index (χ1) is 9.61. The molecule has 0 saturated heterocycles. The number of hydrogen-bond acceptors (Lipinski definition) is 5. The maximum absolute atomic E-state index is 11.0. The lowest BCUT2D eigenvalue weighted by atomic mass is 10.2. The summed E-state index contributed by atoms with van der Waals surface area (Å²) in [6.45, 7) is 0.215. The summed E-state index contributed by atoms with van der Waals surface area (Å²) in [5.41, 5.74) is 1.46. The van der Waals surface area contributed by atoms with Gasteiger partial charge in [0.25, 0.3) is 0 Å². The van der Waals surface area contributed by atoms with Gasteiger partial charge in [-0.15, -0.1) is 0 Å². The summed E-state index contributed by atoms with van der Waals surface area (Å²) < 4.78 is 0. The normalized spacial score (nSPS) is 9.80. The van der Waals surface area contributed by atoms with E-state index in [1.54, 1.807) is 18.2 Å². The van der Waals surface area contributed by atoms with E-state index in [1.165, 1.54) is 12.5 Å². The molecule has 0 saturated carbocycles. The van der Waals surface area contributed by atoms with E-state index in [4.69, 9.17) is 22.0 Å². The Labute approximate surface area is 119 Å². The van der Waals surface area contributed by atoms with Crippen molar-refractivity contribution in [3.8, 4) is 6.07 Å². The van der Waals surface area contributed by atoms with Crippen molar-refractivity contribution in [1.82, 2.24) is 9.97 Å². The van der Waals surface area contributed by atoms with Gasteiger partial charge in [0.15, 0.2) is 0 Å². The minimum Gasteiger partial charge on any atom is -0.478 e. The van der Waals surface area contributed by atoms with Crippen molar-refractivity contribution in [2.45, 2.75) is 6.54 Å². The van der Waals surface area contributed by atoms with Crippen LogP contribution in [0.5, 0.6) is 0 Å². The highest BCUT2D eigenvalue weighted by atomic mass is 35.5. The van der Waals surface area contributed by atoms with Crippen LogP contribution in [-0.2, 0) is 6.54 Å². The van der Waals surface area contributed by atoms with Gasteiger partial charge in [0.1, 0.15) is 18.0 Å². The molecule has 0 spiro atoms. The number of anilines is 1. The summed E-state index contributed by atoms with van der Waals surface area (Å²) in [6, 6.07) is 6.83. The summed E-state index contributed by atoms with van der Waals surface area (Å²) >= 11 is 5.91. The third kappa shape index (κ3) is 3.02. The van der Waals surface area contributed by atoms with Crippen LogP contribution in [0.25, 0.3) is 0 Å². The third-order valence-electron chi connectivity index (χ3n) is 2.57. The molecule has 1 aromatic carbocycles. The van der Waals surface area contributed by atoms with E-state index in [0.717, 1.165) is 0 Å². The standard InChI is InChI=1S/C13H9ClN4O2/c14-11-3-9(2-1-8(11)4-15)17-6-12-10(13(19)20)5-16-7-18-12/h1-3,5,7,17H,6H2,(H,19,20). The zero-order valence-corrected chi connectivity index (χ0v) is 10.9. The molecule has 0 atom stereocenters. The highest BCUT2D eigenvalue weighted by Gasteiger charge is 2.11. The Morgan fingerprint density at radius 3 is 2.95 bits per heavy atom. The molecule has 20 heavy (non-hydrogen) atoms. The number of aromatic nitrogens is 2. The summed E-state index contributed by atoms with van der Waals surface area (Å²) in [7, 11) is 0. The summed E-state index contributed by atoms with van der Waals surface area (Å²) in [4.78, 5) is 18.6. The fourth-order valence-electron chi connectivity index (χ4n) is 1.58. The molecule has 0 radical (unpaired) electrons. The van der Waals surface area contributed by atoms with Crippen molar-refractivity contribution < 1.29 is 9.90 Å². The predicted molar refractivity (Wildman–Crippen MR) is 72.5 cm³/mol. The Kier molecular flexibility index (Phi) is 4.13. The van der Waals surface area contributed by atoms with Crippen LogP contribution in [0.1, 0.15) is 21.6 Å². The van der Waals surface area contributed by atoms with Gasteiger partial charge >= 0.3 is 5.97 Å². The van der Waals surface area contributed by atoms with Crippen LogP contribution in [0.15, 0.2) is 30.7 Å². The average Bonchev–Trinajstić information content (AvgIpc) is 2.45. The second-order valence-electron chi connectivity index (χ2n) is 3.85. The number of carboxylic acids is 1. The quantitative estimate of drug-likeness (QED) is 0.895. The van der Waals surface area contributed by atoms with Gasteiger partial charge in [0.05, 0.1) is 22.8 Å². The number of halogens is 1. The van der Waals surface area contributed by atoms with Crippen LogP contribution >= 0.6 is 11.6 Å². The molecule has 0 unspecified atom stereocenters. The van der Waals surface area contributed by atoms with Crippen molar-refractivity contribution in [2.24, 2.45) is 0 Å². The van der Waals surface area contributed by atoms with Gasteiger partial charge < -0.3 is 10.4 Å². The van der Waals surface area contributed by atoms with Crippen molar-refractivity contribution in [3.05, 3.63) is 52.6 Å². The number of carbonyl (C=O) groups is 1. The average molecular weight is 289 g/mol. The van der Waals surface area contributed by atoms with Crippen molar-refractivity contribution in [3.63, 3.8) is 0 Å². The Hall–Kier alpha value is -2.65. The molecule has 1 heterocycles. The maximum atomic E-state index is 11.0. The van der Waals surface area contributed by atoms with Gasteiger partial charge in [-0.25, -0.2) is 14.8 Å². The molecule has 2 rings (SSSR count). The lowest BCUT2D eigenvalue weighted by molar-refractivity contribution is 0.0694. The van der Waals surface area contributed by atoms with E-state index in [9.17, 15) is 4.79 Å². The molecule has 7 heteroatoms. The van der Waals surface area contributed by atoms with Crippen LogP contribution in [0, 0.1) is 11.3 Å². The van der Waals surface area contributed by atoms with Crippen molar-refractivity contribution >= 4 is 23.3 Å². The van der Waals surface area contributed by atoms with Crippen LogP contribution < -0.4 is 5.32 Å². The van der Waals surface area contributed by atoms with Gasteiger partial charge in [-0.2, -0.15) is 5.26 Å². The highest BCUT2D eigenvalue weighted by Crippen LogP contribution is 2.20. The molecule has 1 aromatic heterocycles. The second-order valence-corrected chi connectivity index (χ2v) is 4.26. The summed E-state index contributed by atoms with van der Waals surface area (Å²) in [6.07, 6.45) is 2.54. The second kappa shape index (κ2) is 5.99. The number of aromatic carboxylic acids is 1. The number of hydrogen-bond donors (Lipinski definition) is 2. The largest absolute Gasteiger partial charge is 0.478 e. The lowest BCUT2D eigenvalue weighted by Crippen LogP contribution is -2.10. The SMILES string of the molecule is N#Cc1ccc(NCc2ncncc2C(=O)O)cc1Cl. The first kappa shape index (κ1) is 13.8. The maximum Gasteiger partial charge on any atom is 0.339 e. The van der Waals surface area contributed by atoms with E-state index >= 15 is 0 Å². The number of benzene rings is 1. The molecule has 0 bridgehead atoms. The van der Waals surface area contributed by atoms with E-state index in [0.29, 0.717) is 22.0 Å². The molecule has 0 aliphatic carbocycles. The van der Waals surface area contributed by atoms with Gasteiger partial charge in [-0.3, -0.25) is 0 Å². The number of carboxylic acid groups (broad SMARTS) is 1. The van der Waals surface area contributed by atoms with E-state index in [-0.39, 0.29) is 12.1 Å². The molecular formula is C13H9ClN4O2. The molecule has 6 nitrogen and oxygen atoms in total. The zero-order valence-electron chi connectivity index (χ0n) is 10.2. The first-order valence-corrected chi connectivity index (χ1v) is 5.95. The Balaban J connectivity index is 2.15. The lowest BCUT2D eigenvalue weighted by Gasteiger charge is -2.08. The summed E-state index contributed by atoms with van der Waals surface area (Å²) in [5, 5.41) is 21.1. The van der Waals surface area contributed by atoms with E-state index in [2.05, 4.69) is 15.3 Å². The molecule has 0 fully saturated rings. The fourth-order valence-corrected chi connectivity index (χ4v) is 1.80. The molecular weight excluding hydrogens is 280 g/mol. The third-order valence-corrected chi connectivity index (χ3v) is 2.89. The smallest absolute Gasteiger partial charge is 0.339 e. The topological polar surface area (TPSA) is 98.9 Å². The minimum absolute atomic E-state index is 0.0414. The Morgan fingerprint density at radius 2 is 2.30 bits per heavy atom. The zero-order chi connectivity index (χ0) is 14.5. The Bertz CT molecular complexity index is 697. The van der Waals surface area contributed by atoms with Crippen LogP contribution in [0.3, 0.4) is 0 Å². The van der Waals surface area contributed by atoms with E-state index < -0.39 is 5.97 Å². The molecule has 2 aromatic rings. The van der Waals surface area contributed by atoms with Gasteiger partial charge in [0, 0.05) is 11.9 Å². The van der Waals surface area contributed by atoms with Gasteiger partial charge in [0.2, 0.25) is 0 Å². The summed E-state index contributed by atoms with van der Waals surface area (Å²) in [5.74, 6) is -1.08.